The van der Waals surface area contributed by atoms with E-state index in [1.807, 2.05) is 30.0 Å². The number of nitrogens with one attached hydrogen (secondary N) is 1. The number of pyridine rings is 1. The van der Waals surface area contributed by atoms with Crippen molar-refractivity contribution in [1.82, 2.24) is 14.9 Å². The number of rotatable bonds is 4. The zero-order valence-corrected chi connectivity index (χ0v) is 16.8. The Labute approximate surface area is 165 Å². The van der Waals surface area contributed by atoms with Gasteiger partial charge in [0.05, 0.1) is 10.7 Å². The van der Waals surface area contributed by atoms with Gasteiger partial charge in [0.25, 0.3) is 5.91 Å². The average molecular weight is 385 g/mol. The van der Waals surface area contributed by atoms with E-state index in [-0.39, 0.29) is 5.91 Å². The van der Waals surface area contributed by atoms with Gasteiger partial charge in [-0.15, -0.1) is 11.3 Å². The van der Waals surface area contributed by atoms with Crippen LogP contribution in [-0.4, -0.2) is 39.9 Å². The van der Waals surface area contributed by atoms with E-state index in [1.54, 1.807) is 17.5 Å². The van der Waals surface area contributed by atoms with E-state index in [1.165, 1.54) is 37.1 Å². The molecule has 5 nitrogen and oxygen atoms in total. The molecule has 2 aliphatic rings. The topological polar surface area (TPSA) is 58.1 Å². The van der Waals surface area contributed by atoms with Crippen molar-refractivity contribution >= 4 is 23.1 Å². The Morgan fingerprint density at radius 2 is 1.93 bits per heavy atom. The van der Waals surface area contributed by atoms with Crippen molar-refractivity contribution < 1.29 is 4.79 Å². The minimum atomic E-state index is 0.170. The third kappa shape index (κ3) is 4.32. The standard InChI is InChI=1S/C21H28N4OS/c1-15-19(27-20(23-15)16-7-3-2-4-8-16)21(26)25-13-10-17(11-14-25)24-18-9-5-6-12-22-18/h5-6,9,12,16-17H,2-4,7-8,10-11,13-14H2,1H3,(H,22,24). The van der Waals surface area contributed by atoms with Crippen LogP contribution in [-0.2, 0) is 0 Å². The number of carbonyl (C=O) groups is 1. The van der Waals surface area contributed by atoms with E-state index >= 15 is 0 Å². The van der Waals surface area contributed by atoms with Crippen LogP contribution in [0, 0.1) is 6.92 Å². The highest BCUT2D eigenvalue weighted by atomic mass is 32.1. The van der Waals surface area contributed by atoms with Crippen LogP contribution in [0.3, 0.4) is 0 Å². The number of carbonyl (C=O) groups excluding carboxylic acids is 1. The Morgan fingerprint density at radius 1 is 1.15 bits per heavy atom. The molecule has 0 bridgehead atoms. The number of likely N-dealkylation sites (tertiary alicyclic amines) is 1. The summed E-state index contributed by atoms with van der Waals surface area (Å²) >= 11 is 1.64. The molecule has 4 rings (SSSR count). The second kappa shape index (κ2) is 8.38. The molecule has 2 fully saturated rings. The Kier molecular flexibility index (Phi) is 5.72. The van der Waals surface area contributed by atoms with Crippen molar-refractivity contribution in [3.05, 3.63) is 40.0 Å². The van der Waals surface area contributed by atoms with Crippen LogP contribution >= 0.6 is 11.3 Å². The van der Waals surface area contributed by atoms with Crippen LogP contribution in [0.4, 0.5) is 5.82 Å². The summed E-state index contributed by atoms with van der Waals surface area (Å²) in [5.74, 6) is 1.65. The summed E-state index contributed by atoms with van der Waals surface area (Å²) in [5, 5.41) is 4.66. The van der Waals surface area contributed by atoms with Gasteiger partial charge in [-0.3, -0.25) is 4.79 Å². The molecule has 2 aromatic rings. The van der Waals surface area contributed by atoms with Gasteiger partial charge in [0.2, 0.25) is 0 Å². The molecular formula is C21H28N4OS. The lowest BCUT2D eigenvalue weighted by molar-refractivity contribution is 0.0722. The fraction of sp³-hybridized carbons (Fsp3) is 0.571. The molecule has 27 heavy (non-hydrogen) atoms. The van der Waals surface area contributed by atoms with Crippen molar-refractivity contribution in [3.8, 4) is 0 Å². The third-order valence-electron chi connectivity index (χ3n) is 5.76. The molecule has 1 saturated carbocycles. The lowest BCUT2D eigenvalue weighted by atomic mass is 9.90. The molecule has 1 aliphatic carbocycles. The second-order valence-corrected chi connectivity index (χ2v) is 8.76. The highest BCUT2D eigenvalue weighted by Crippen LogP contribution is 2.36. The maximum absolute atomic E-state index is 13.0. The van der Waals surface area contributed by atoms with Gasteiger partial charge in [-0.05, 0) is 44.7 Å². The normalized spacial score (nSPS) is 19.2. The molecule has 1 N–H and O–H groups in total. The van der Waals surface area contributed by atoms with Crippen LogP contribution in [0.5, 0.6) is 0 Å². The maximum Gasteiger partial charge on any atom is 0.265 e. The molecule has 3 heterocycles. The summed E-state index contributed by atoms with van der Waals surface area (Å²) in [6.07, 6.45) is 10.1. The summed E-state index contributed by atoms with van der Waals surface area (Å²) in [7, 11) is 0. The molecule has 1 saturated heterocycles. The van der Waals surface area contributed by atoms with Crippen LogP contribution in [0.15, 0.2) is 24.4 Å². The van der Waals surface area contributed by atoms with Gasteiger partial charge in [-0.25, -0.2) is 9.97 Å². The first kappa shape index (κ1) is 18.4. The first-order valence-electron chi connectivity index (χ1n) is 10.1. The Bertz CT molecular complexity index is 762. The molecular weight excluding hydrogens is 356 g/mol. The molecule has 2 aromatic heterocycles. The summed E-state index contributed by atoms with van der Waals surface area (Å²) in [6, 6.07) is 6.28. The molecule has 0 atom stereocenters. The zero-order chi connectivity index (χ0) is 18.6. The summed E-state index contributed by atoms with van der Waals surface area (Å²) in [6.45, 7) is 3.57. The van der Waals surface area contributed by atoms with Crippen molar-refractivity contribution in [3.63, 3.8) is 0 Å². The summed E-state index contributed by atoms with van der Waals surface area (Å²) < 4.78 is 0. The number of hydrogen-bond donors (Lipinski definition) is 1. The minimum absolute atomic E-state index is 0.170. The second-order valence-electron chi connectivity index (χ2n) is 7.73. The van der Waals surface area contributed by atoms with E-state index in [0.29, 0.717) is 12.0 Å². The van der Waals surface area contributed by atoms with Gasteiger partial charge in [-0.1, -0.05) is 25.3 Å². The Morgan fingerprint density at radius 3 is 2.63 bits per heavy atom. The molecule has 144 valence electrons. The van der Waals surface area contributed by atoms with Gasteiger partial charge in [0, 0.05) is 31.2 Å². The highest BCUT2D eigenvalue weighted by molar-refractivity contribution is 7.13. The average Bonchev–Trinajstić information content (AvgIpc) is 3.11. The van der Waals surface area contributed by atoms with Crippen LogP contribution in [0.2, 0.25) is 0 Å². The van der Waals surface area contributed by atoms with Gasteiger partial charge in [0.15, 0.2) is 0 Å². The Balaban J connectivity index is 1.36. The lowest BCUT2D eigenvalue weighted by Crippen LogP contribution is -2.42. The van der Waals surface area contributed by atoms with E-state index in [4.69, 9.17) is 4.98 Å². The molecule has 1 amide bonds. The SMILES string of the molecule is Cc1nc(C2CCCCC2)sc1C(=O)N1CCC(Nc2ccccn2)CC1. The number of thiazole rings is 1. The first-order chi connectivity index (χ1) is 13.2. The van der Waals surface area contributed by atoms with Crippen LogP contribution in [0.1, 0.15) is 71.2 Å². The lowest BCUT2D eigenvalue weighted by Gasteiger charge is -2.32. The number of amides is 1. The quantitative estimate of drug-likeness (QED) is 0.836. The van der Waals surface area contributed by atoms with Crippen LogP contribution < -0.4 is 5.32 Å². The van der Waals surface area contributed by atoms with E-state index in [0.717, 1.165) is 42.3 Å². The predicted molar refractivity (Wildman–Crippen MR) is 109 cm³/mol. The largest absolute Gasteiger partial charge is 0.367 e. The monoisotopic (exact) mass is 384 g/mol. The number of piperidine rings is 1. The fourth-order valence-electron chi connectivity index (χ4n) is 4.17. The smallest absolute Gasteiger partial charge is 0.265 e. The summed E-state index contributed by atoms with van der Waals surface area (Å²) in [4.78, 5) is 25.0. The number of nitrogens with zero attached hydrogens (tertiary/aromatic N) is 3. The van der Waals surface area contributed by atoms with Crippen molar-refractivity contribution in [1.29, 1.82) is 0 Å². The van der Waals surface area contributed by atoms with E-state index in [2.05, 4.69) is 10.3 Å². The number of aromatic nitrogens is 2. The zero-order valence-electron chi connectivity index (χ0n) is 16.0. The van der Waals surface area contributed by atoms with Crippen LogP contribution in [0.25, 0.3) is 0 Å². The van der Waals surface area contributed by atoms with Crippen molar-refractivity contribution in [2.45, 2.75) is 63.8 Å². The molecule has 1 aliphatic heterocycles. The minimum Gasteiger partial charge on any atom is -0.367 e. The molecule has 0 radical (unpaired) electrons. The van der Waals surface area contributed by atoms with Gasteiger partial charge in [-0.2, -0.15) is 0 Å². The van der Waals surface area contributed by atoms with E-state index in [9.17, 15) is 4.79 Å². The van der Waals surface area contributed by atoms with E-state index < -0.39 is 0 Å². The fourth-order valence-corrected chi connectivity index (χ4v) is 5.37. The van der Waals surface area contributed by atoms with Gasteiger partial charge < -0.3 is 10.2 Å². The Hall–Kier alpha value is -1.95. The summed E-state index contributed by atoms with van der Waals surface area (Å²) in [5.41, 5.74) is 0.916. The van der Waals surface area contributed by atoms with Gasteiger partial charge in [0.1, 0.15) is 10.7 Å². The third-order valence-corrected chi connectivity index (χ3v) is 7.07. The molecule has 6 heteroatoms. The maximum atomic E-state index is 13.0. The van der Waals surface area contributed by atoms with Gasteiger partial charge >= 0.3 is 0 Å². The predicted octanol–water partition coefficient (Wildman–Crippen LogP) is 4.61. The molecule has 0 aromatic carbocycles. The molecule has 0 unspecified atom stereocenters. The number of anilines is 1. The van der Waals surface area contributed by atoms with Crippen molar-refractivity contribution in [2.24, 2.45) is 0 Å². The number of aryl methyl sites for hydroxylation is 1. The molecule has 0 spiro atoms. The first-order valence-corrected chi connectivity index (χ1v) is 11.0. The van der Waals surface area contributed by atoms with Crippen molar-refractivity contribution in [2.75, 3.05) is 18.4 Å². The number of hydrogen-bond acceptors (Lipinski definition) is 5. The highest BCUT2D eigenvalue weighted by Gasteiger charge is 2.28.